The van der Waals surface area contributed by atoms with Crippen LogP contribution in [0.1, 0.15) is 17.5 Å². The Hall–Kier alpha value is -2.33. The van der Waals surface area contributed by atoms with E-state index in [1.807, 2.05) is 38.1 Å². The minimum atomic E-state index is -0.381. The van der Waals surface area contributed by atoms with Crippen molar-refractivity contribution in [2.24, 2.45) is 5.92 Å². The Morgan fingerprint density at radius 3 is 2.71 bits per heavy atom. The average molecular weight is 343 g/mol. The Kier molecular flexibility index (Phi) is 4.58. The average Bonchev–Trinajstić information content (AvgIpc) is 2.94. The van der Waals surface area contributed by atoms with Gasteiger partial charge in [-0.1, -0.05) is 35.9 Å². The molecule has 2 amide bonds. The third kappa shape index (κ3) is 3.29. The van der Waals surface area contributed by atoms with Crippen molar-refractivity contribution in [2.75, 3.05) is 16.8 Å². The molecule has 124 valence electrons. The van der Waals surface area contributed by atoms with Crippen molar-refractivity contribution < 1.29 is 9.59 Å². The van der Waals surface area contributed by atoms with E-state index >= 15 is 0 Å². The van der Waals surface area contributed by atoms with Crippen LogP contribution < -0.4 is 10.2 Å². The zero-order valence-electron chi connectivity index (χ0n) is 13.7. The molecule has 24 heavy (non-hydrogen) atoms. The number of halogens is 1. The molecule has 0 spiro atoms. The highest BCUT2D eigenvalue weighted by atomic mass is 35.5. The molecule has 1 atom stereocenters. The van der Waals surface area contributed by atoms with Gasteiger partial charge in [0, 0.05) is 18.7 Å². The Morgan fingerprint density at radius 1 is 1.21 bits per heavy atom. The van der Waals surface area contributed by atoms with E-state index < -0.39 is 0 Å². The fourth-order valence-electron chi connectivity index (χ4n) is 2.92. The first-order chi connectivity index (χ1) is 11.5. The molecule has 1 fully saturated rings. The molecule has 0 radical (unpaired) electrons. The third-order valence-corrected chi connectivity index (χ3v) is 4.61. The first-order valence-corrected chi connectivity index (χ1v) is 8.26. The van der Waals surface area contributed by atoms with Gasteiger partial charge in [0.05, 0.1) is 16.6 Å². The van der Waals surface area contributed by atoms with Crippen molar-refractivity contribution in [2.45, 2.75) is 20.3 Å². The van der Waals surface area contributed by atoms with Crippen LogP contribution >= 0.6 is 11.6 Å². The molecule has 5 heteroatoms. The van der Waals surface area contributed by atoms with E-state index in [0.29, 0.717) is 17.3 Å². The number of carbonyl (C=O) groups excluding carboxylic acids is 2. The Labute approximate surface area is 146 Å². The van der Waals surface area contributed by atoms with Crippen LogP contribution in [0.4, 0.5) is 11.4 Å². The molecule has 0 aliphatic carbocycles. The van der Waals surface area contributed by atoms with Crippen molar-refractivity contribution in [1.29, 1.82) is 0 Å². The normalized spacial score (nSPS) is 17.2. The van der Waals surface area contributed by atoms with Gasteiger partial charge in [-0.2, -0.15) is 0 Å². The quantitative estimate of drug-likeness (QED) is 0.918. The van der Waals surface area contributed by atoms with Crippen molar-refractivity contribution in [3.05, 3.63) is 58.6 Å². The van der Waals surface area contributed by atoms with Crippen molar-refractivity contribution in [1.82, 2.24) is 0 Å². The van der Waals surface area contributed by atoms with E-state index in [0.717, 1.165) is 16.8 Å². The zero-order valence-corrected chi connectivity index (χ0v) is 14.4. The van der Waals surface area contributed by atoms with Gasteiger partial charge in [0.25, 0.3) is 0 Å². The summed E-state index contributed by atoms with van der Waals surface area (Å²) in [5.74, 6) is -0.582. The molecule has 2 aromatic rings. The van der Waals surface area contributed by atoms with Crippen LogP contribution in [0.15, 0.2) is 42.5 Å². The fraction of sp³-hybridized carbons (Fsp3) is 0.263. The number of nitrogens with one attached hydrogen (secondary N) is 1. The second-order valence-corrected chi connectivity index (χ2v) is 6.57. The van der Waals surface area contributed by atoms with Gasteiger partial charge in [-0.3, -0.25) is 9.59 Å². The maximum absolute atomic E-state index is 12.5. The number of nitrogens with zero attached hydrogens (tertiary/aromatic N) is 1. The summed E-state index contributed by atoms with van der Waals surface area (Å²) in [5.41, 5.74) is 3.57. The largest absolute Gasteiger partial charge is 0.324 e. The van der Waals surface area contributed by atoms with Gasteiger partial charge in [-0.25, -0.2) is 0 Å². The highest BCUT2D eigenvalue weighted by Crippen LogP contribution is 2.30. The molecular weight excluding hydrogens is 324 g/mol. The summed E-state index contributed by atoms with van der Waals surface area (Å²) in [5, 5.41) is 3.31. The lowest BCUT2D eigenvalue weighted by atomic mass is 10.1. The number of anilines is 2. The number of para-hydroxylation sites is 1. The van der Waals surface area contributed by atoms with E-state index in [9.17, 15) is 9.59 Å². The van der Waals surface area contributed by atoms with Crippen molar-refractivity contribution in [3.8, 4) is 0 Å². The minimum absolute atomic E-state index is 0.0250. The van der Waals surface area contributed by atoms with Gasteiger partial charge in [-0.15, -0.1) is 0 Å². The Bertz CT molecular complexity index is 804. The summed E-state index contributed by atoms with van der Waals surface area (Å²) in [6.07, 6.45) is 0.212. The number of benzene rings is 2. The SMILES string of the molecule is Cc1ccc(C)c(N2C[C@H](C(=O)Nc3ccccc3Cl)CC2=O)c1. The van der Waals surface area contributed by atoms with Crippen LogP contribution in [0, 0.1) is 19.8 Å². The van der Waals surface area contributed by atoms with Crippen LogP contribution in [-0.4, -0.2) is 18.4 Å². The second-order valence-electron chi connectivity index (χ2n) is 6.16. The first-order valence-electron chi connectivity index (χ1n) is 7.88. The highest BCUT2D eigenvalue weighted by molar-refractivity contribution is 6.33. The van der Waals surface area contributed by atoms with E-state index in [-0.39, 0.29) is 24.2 Å². The summed E-state index contributed by atoms with van der Waals surface area (Å²) in [6.45, 7) is 4.35. The Morgan fingerprint density at radius 2 is 1.96 bits per heavy atom. The van der Waals surface area contributed by atoms with Gasteiger partial charge in [0.15, 0.2) is 0 Å². The molecule has 0 saturated carbocycles. The number of aryl methyl sites for hydroxylation is 2. The van der Waals surface area contributed by atoms with Gasteiger partial charge < -0.3 is 10.2 Å². The first kappa shape index (κ1) is 16.5. The number of amides is 2. The summed E-state index contributed by atoms with van der Waals surface area (Å²) < 4.78 is 0. The monoisotopic (exact) mass is 342 g/mol. The zero-order chi connectivity index (χ0) is 17.3. The maximum atomic E-state index is 12.5. The van der Waals surface area contributed by atoms with Crippen LogP contribution in [0.25, 0.3) is 0 Å². The van der Waals surface area contributed by atoms with Crippen molar-refractivity contribution >= 4 is 34.8 Å². The predicted octanol–water partition coefficient (Wildman–Crippen LogP) is 3.95. The molecule has 3 rings (SSSR count). The topological polar surface area (TPSA) is 49.4 Å². The van der Waals surface area contributed by atoms with Crippen LogP contribution in [0.3, 0.4) is 0 Å². The molecule has 0 bridgehead atoms. The predicted molar refractivity (Wildman–Crippen MR) is 96.5 cm³/mol. The van der Waals surface area contributed by atoms with Crippen LogP contribution in [0.2, 0.25) is 5.02 Å². The lowest BCUT2D eigenvalue weighted by Crippen LogP contribution is -2.28. The Balaban J connectivity index is 1.76. The third-order valence-electron chi connectivity index (χ3n) is 4.28. The summed E-state index contributed by atoms with van der Waals surface area (Å²) in [4.78, 5) is 26.6. The molecule has 0 unspecified atom stereocenters. The van der Waals surface area contributed by atoms with E-state index in [2.05, 4.69) is 5.32 Å². The van der Waals surface area contributed by atoms with Gasteiger partial charge in [0.2, 0.25) is 11.8 Å². The van der Waals surface area contributed by atoms with Crippen LogP contribution in [0.5, 0.6) is 0 Å². The van der Waals surface area contributed by atoms with E-state index in [1.54, 1.807) is 23.1 Å². The van der Waals surface area contributed by atoms with Gasteiger partial charge >= 0.3 is 0 Å². The molecule has 0 aromatic heterocycles. The smallest absolute Gasteiger partial charge is 0.229 e. The molecule has 1 saturated heterocycles. The summed E-state index contributed by atoms with van der Waals surface area (Å²) >= 11 is 6.07. The molecule has 1 heterocycles. The number of hydrogen-bond acceptors (Lipinski definition) is 2. The minimum Gasteiger partial charge on any atom is -0.324 e. The molecular formula is C19H19ClN2O2. The maximum Gasteiger partial charge on any atom is 0.229 e. The number of rotatable bonds is 3. The number of hydrogen-bond donors (Lipinski definition) is 1. The fourth-order valence-corrected chi connectivity index (χ4v) is 3.11. The molecule has 1 N–H and O–H groups in total. The van der Waals surface area contributed by atoms with E-state index in [1.165, 1.54) is 0 Å². The lowest BCUT2D eigenvalue weighted by Gasteiger charge is -2.19. The molecule has 1 aliphatic heterocycles. The van der Waals surface area contributed by atoms with Gasteiger partial charge in [-0.05, 0) is 43.2 Å². The molecule has 2 aromatic carbocycles. The van der Waals surface area contributed by atoms with E-state index in [4.69, 9.17) is 11.6 Å². The van der Waals surface area contributed by atoms with Crippen LogP contribution in [-0.2, 0) is 9.59 Å². The van der Waals surface area contributed by atoms with Crippen molar-refractivity contribution in [3.63, 3.8) is 0 Å². The highest BCUT2D eigenvalue weighted by Gasteiger charge is 2.35. The summed E-state index contributed by atoms with van der Waals surface area (Å²) in [7, 11) is 0. The molecule has 1 aliphatic rings. The number of carbonyl (C=O) groups is 2. The lowest BCUT2D eigenvalue weighted by molar-refractivity contribution is -0.122. The van der Waals surface area contributed by atoms with Gasteiger partial charge in [0.1, 0.15) is 0 Å². The second kappa shape index (κ2) is 6.65. The molecule has 4 nitrogen and oxygen atoms in total. The standard InChI is InChI=1S/C19H19ClN2O2/c1-12-7-8-13(2)17(9-12)22-11-14(10-18(22)23)19(24)21-16-6-4-3-5-15(16)20/h3-9,14H,10-11H2,1-2H3,(H,21,24)/t14-/m1/s1. The summed E-state index contributed by atoms with van der Waals surface area (Å²) in [6, 6.07) is 13.1.